The SMILES string of the molecule is Cc1cc(NC2CCCCCC2C(=O)O)ccc1C(N)=O. The third kappa shape index (κ3) is 3.74. The number of aryl methyl sites for hydroxylation is 1. The van der Waals surface area contributed by atoms with Crippen LogP contribution in [-0.2, 0) is 4.79 Å². The molecule has 5 heteroatoms. The van der Waals surface area contributed by atoms with Crippen LogP contribution in [0.2, 0.25) is 0 Å². The number of carboxylic acids is 1. The number of benzene rings is 1. The summed E-state index contributed by atoms with van der Waals surface area (Å²) in [5.74, 6) is -1.54. The summed E-state index contributed by atoms with van der Waals surface area (Å²) in [6, 6.07) is 5.26. The molecule has 0 saturated heterocycles. The summed E-state index contributed by atoms with van der Waals surface area (Å²) >= 11 is 0. The van der Waals surface area contributed by atoms with Gasteiger partial charge in [-0.3, -0.25) is 9.59 Å². The van der Waals surface area contributed by atoms with Gasteiger partial charge in [-0.25, -0.2) is 0 Å². The number of anilines is 1. The maximum absolute atomic E-state index is 11.4. The normalized spacial score (nSPS) is 22.3. The summed E-state index contributed by atoms with van der Waals surface area (Å²) in [6.07, 6.45) is 4.66. The molecule has 1 saturated carbocycles. The molecule has 5 nitrogen and oxygen atoms in total. The maximum Gasteiger partial charge on any atom is 0.308 e. The molecule has 0 spiro atoms. The molecule has 2 unspecified atom stereocenters. The van der Waals surface area contributed by atoms with Crippen molar-refractivity contribution >= 4 is 17.6 Å². The monoisotopic (exact) mass is 290 g/mol. The first-order chi connectivity index (χ1) is 9.99. The van der Waals surface area contributed by atoms with Crippen LogP contribution in [-0.4, -0.2) is 23.0 Å². The van der Waals surface area contributed by atoms with Crippen LogP contribution in [0.4, 0.5) is 5.69 Å². The van der Waals surface area contributed by atoms with Gasteiger partial charge in [0.1, 0.15) is 0 Å². The second kappa shape index (κ2) is 6.61. The van der Waals surface area contributed by atoms with Gasteiger partial charge in [0.2, 0.25) is 5.91 Å². The number of nitrogens with one attached hydrogen (secondary N) is 1. The van der Waals surface area contributed by atoms with Crippen molar-refractivity contribution in [3.05, 3.63) is 29.3 Å². The van der Waals surface area contributed by atoms with Crippen molar-refractivity contribution in [2.24, 2.45) is 11.7 Å². The molecule has 0 radical (unpaired) electrons. The molecule has 0 bridgehead atoms. The van der Waals surface area contributed by atoms with Crippen molar-refractivity contribution in [1.29, 1.82) is 0 Å². The highest BCUT2D eigenvalue weighted by Gasteiger charge is 2.29. The highest BCUT2D eigenvalue weighted by Crippen LogP contribution is 2.27. The minimum Gasteiger partial charge on any atom is -0.481 e. The van der Waals surface area contributed by atoms with E-state index in [1.807, 2.05) is 13.0 Å². The van der Waals surface area contributed by atoms with E-state index in [-0.39, 0.29) is 12.0 Å². The zero-order chi connectivity index (χ0) is 15.4. The predicted molar refractivity (Wildman–Crippen MR) is 81.3 cm³/mol. The summed E-state index contributed by atoms with van der Waals surface area (Å²) in [4.78, 5) is 22.7. The number of carbonyl (C=O) groups is 2. The molecule has 1 amide bonds. The van der Waals surface area contributed by atoms with Crippen LogP contribution in [0.5, 0.6) is 0 Å². The first kappa shape index (κ1) is 15.4. The molecule has 0 aromatic heterocycles. The molecule has 1 aliphatic carbocycles. The lowest BCUT2D eigenvalue weighted by atomic mass is 9.94. The van der Waals surface area contributed by atoms with Gasteiger partial charge in [-0.05, 0) is 43.5 Å². The lowest BCUT2D eigenvalue weighted by molar-refractivity contribution is -0.142. The highest BCUT2D eigenvalue weighted by atomic mass is 16.4. The van der Waals surface area contributed by atoms with Gasteiger partial charge < -0.3 is 16.2 Å². The van der Waals surface area contributed by atoms with Crippen LogP contribution in [0.15, 0.2) is 18.2 Å². The Morgan fingerprint density at radius 1 is 1.24 bits per heavy atom. The zero-order valence-corrected chi connectivity index (χ0v) is 12.3. The summed E-state index contributed by atoms with van der Waals surface area (Å²) < 4.78 is 0. The molecule has 1 aromatic carbocycles. The molecule has 2 atom stereocenters. The van der Waals surface area contributed by atoms with E-state index in [2.05, 4.69) is 5.32 Å². The van der Waals surface area contributed by atoms with E-state index < -0.39 is 11.9 Å². The van der Waals surface area contributed by atoms with E-state index in [9.17, 15) is 14.7 Å². The molecule has 2 rings (SSSR count). The van der Waals surface area contributed by atoms with Crippen molar-refractivity contribution in [3.63, 3.8) is 0 Å². The fourth-order valence-electron chi connectivity index (χ4n) is 3.02. The van der Waals surface area contributed by atoms with Crippen molar-refractivity contribution in [3.8, 4) is 0 Å². The molecule has 1 fully saturated rings. The minimum absolute atomic E-state index is 0.0659. The van der Waals surface area contributed by atoms with Gasteiger partial charge in [0, 0.05) is 17.3 Å². The maximum atomic E-state index is 11.4. The zero-order valence-electron chi connectivity index (χ0n) is 12.3. The Hall–Kier alpha value is -2.04. The van der Waals surface area contributed by atoms with Crippen LogP contribution < -0.4 is 11.1 Å². The molecule has 0 aliphatic heterocycles. The van der Waals surface area contributed by atoms with Crippen LogP contribution in [0.25, 0.3) is 0 Å². The number of hydrogen-bond donors (Lipinski definition) is 3. The van der Waals surface area contributed by atoms with Crippen molar-refractivity contribution in [2.45, 2.75) is 45.1 Å². The number of aliphatic carboxylic acids is 1. The minimum atomic E-state index is -0.736. The quantitative estimate of drug-likeness (QED) is 0.743. The largest absolute Gasteiger partial charge is 0.481 e. The standard InChI is InChI=1S/C16H22N2O3/c1-10-9-11(7-8-12(10)15(17)19)18-14-6-4-2-3-5-13(14)16(20)21/h7-9,13-14,18H,2-6H2,1H3,(H2,17,19)(H,20,21). The van der Waals surface area contributed by atoms with E-state index in [0.29, 0.717) is 12.0 Å². The van der Waals surface area contributed by atoms with E-state index >= 15 is 0 Å². The van der Waals surface area contributed by atoms with E-state index in [4.69, 9.17) is 5.73 Å². The number of rotatable bonds is 4. The Morgan fingerprint density at radius 3 is 2.57 bits per heavy atom. The van der Waals surface area contributed by atoms with Crippen LogP contribution in [0.3, 0.4) is 0 Å². The van der Waals surface area contributed by atoms with E-state index in [0.717, 1.165) is 36.9 Å². The van der Waals surface area contributed by atoms with Gasteiger partial charge >= 0.3 is 5.97 Å². The van der Waals surface area contributed by atoms with Gasteiger partial charge in [-0.1, -0.05) is 19.3 Å². The number of amides is 1. The molecule has 1 aromatic rings. The van der Waals surface area contributed by atoms with Crippen molar-refractivity contribution in [2.75, 3.05) is 5.32 Å². The number of hydrogen-bond acceptors (Lipinski definition) is 3. The van der Waals surface area contributed by atoms with Crippen molar-refractivity contribution in [1.82, 2.24) is 0 Å². The smallest absolute Gasteiger partial charge is 0.308 e. The second-order valence-electron chi connectivity index (χ2n) is 5.73. The second-order valence-corrected chi connectivity index (χ2v) is 5.73. The number of primary amides is 1. The fourth-order valence-corrected chi connectivity index (χ4v) is 3.02. The lowest BCUT2D eigenvalue weighted by Gasteiger charge is -2.24. The molecular weight excluding hydrogens is 268 g/mol. The number of carboxylic acid groups (broad SMARTS) is 1. The summed E-state index contributed by atoms with van der Waals surface area (Å²) in [5.41, 5.74) is 7.43. The first-order valence-electron chi connectivity index (χ1n) is 7.39. The molecule has 0 heterocycles. The third-order valence-electron chi connectivity index (χ3n) is 4.18. The van der Waals surface area contributed by atoms with Crippen LogP contribution >= 0.6 is 0 Å². The van der Waals surface area contributed by atoms with E-state index in [1.165, 1.54) is 0 Å². The average Bonchev–Trinajstić information content (AvgIpc) is 2.63. The summed E-state index contributed by atoms with van der Waals surface area (Å²) in [7, 11) is 0. The molecule has 1 aliphatic rings. The third-order valence-corrected chi connectivity index (χ3v) is 4.18. The Balaban J connectivity index is 2.16. The van der Waals surface area contributed by atoms with Gasteiger partial charge in [-0.2, -0.15) is 0 Å². The fraction of sp³-hybridized carbons (Fsp3) is 0.500. The molecular formula is C16H22N2O3. The lowest BCUT2D eigenvalue weighted by Crippen LogP contribution is -2.33. The van der Waals surface area contributed by atoms with Gasteiger partial charge in [-0.15, -0.1) is 0 Å². The van der Waals surface area contributed by atoms with Gasteiger partial charge in [0.15, 0.2) is 0 Å². The number of nitrogens with two attached hydrogens (primary N) is 1. The van der Waals surface area contributed by atoms with Gasteiger partial charge in [0.05, 0.1) is 5.92 Å². The van der Waals surface area contributed by atoms with Gasteiger partial charge in [0.25, 0.3) is 0 Å². The highest BCUT2D eigenvalue weighted by molar-refractivity contribution is 5.94. The predicted octanol–water partition coefficient (Wildman–Crippen LogP) is 2.54. The summed E-state index contributed by atoms with van der Waals surface area (Å²) in [5, 5.41) is 12.7. The average molecular weight is 290 g/mol. The van der Waals surface area contributed by atoms with Crippen LogP contribution in [0.1, 0.15) is 48.0 Å². The molecule has 21 heavy (non-hydrogen) atoms. The van der Waals surface area contributed by atoms with Crippen molar-refractivity contribution < 1.29 is 14.7 Å². The number of carbonyl (C=O) groups excluding carboxylic acids is 1. The molecule has 114 valence electrons. The Kier molecular flexibility index (Phi) is 4.83. The molecule has 4 N–H and O–H groups in total. The Morgan fingerprint density at radius 2 is 1.95 bits per heavy atom. The Labute approximate surface area is 124 Å². The Bertz CT molecular complexity index is 542. The van der Waals surface area contributed by atoms with E-state index in [1.54, 1.807) is 12.1 Å². The topological polar surface area (TPSA) is 92.4 Å². The first-order valence-corrected chi connectivity index (χ1v) is 7.39. The van der Waals surface area contributed by atoms with Crippen LogP contribution in [0, 0.1) is 12.8 Å². The summed E-state index contributed by atoms with van der Waals surface area (Å²) in [6.45, 7) is 1.83.